The summed E-state index contributed by atoms with van der Waals surface area (Å²) in [7, 11) is -3.54. The SMILES string of the molecule is CC1CC(C)C(C)N(S(=O)(=O)c2ccc(Br)cc2Cl)C1. The second-order valence-corrected chi connectivity index (χ2v) is 8.89. The van der Waals surface area contributed by atoms with Crippen LogP contribution in [0.2, 0.25) is 5.02 Å². The molecule has 1 aliphatic heterocycles. The van der Waals surface area contributed by atoms with Gasteiger partial charge in [0.15, 0.2) is 0 Å². The Bertz CT molecular complexity index is 605. The Labute approximate surface area is 134 Å². The third-order valence-electron chi connectivity index (χ3n) is 4.02. The van der Waals surface area contributed by atoms with E-state index in [1.807, 2.05) is 6.92 Å². The minimum atomic E-state index is -3.54. The molecule has 0 N–H and O–H groups in total. The van der Waals surface area contributed by atoms with Crippen LogP contribution in [0.15, 0.2) is 27.6 Å². The zero-order valence-corrected chi connectivity index (χ0v) is 15.0. The number of halogens is 2. The van der Waals surface area contributed by atoms with Gasteiger partial charge in [0.1, 0.15) is 4.90 Å². The van der Waals surface area contributed by atoms with Gasteiger partial charge in [0.2, 0.25) is 10.0 Å². The summed E-state index contributed by atoms with van der Waals surface area (Å²) in [6.45, 7) is 6.72. The van der Waals surface area contributed by atoms with E-state index in [0.717, 1.165) is 10.9 Å². The average molecular weight is 381 g/mol. The maximum absolute atomic E-state index is 12.8. The van der Waals surface area contributed by atoms with Gasteiger partial charge in [-0.05, 0) is 43.4 Å². The summed E-state index contributed by atoms with van der Waals surface area (Å²) in [5.74, 6) is 0.716. The highest BCUT2D eigenvalue weighted by Gasteiger charge is 2.37. The molecule has 2 rings (SSSR count). The van der Waals surface area contributed by atoms with Crippen LogP contribution in [0, 0.1) is 11.8 Å². The van der Waals surface area contributed by atoms with E-state index in [1.165, 1.54) is 0 Å². The molecular weight excluding hydrogens is 362 g/mol. The van der Waals surface area contributed by atoms with Crippen molar-refractivity contribution < 1.29 is 8.42 Å². The minimum Gasteiger partial charge on any atom is -0.207 e. The number of hydrogen-bond donors (Lipinski definition) is 0. The minimum absolute atomic E-state index is 0.00378. The first-order chi connectivity index (χ1) is 9.23. The van der Waals surface area contributed by atoms with E-state index in [2.05, 4.69) is 29.8 Å². The van der Waals surface area contributed by atoms with Crippen LogP contribution in [0.1, 0.15) is 27.2 Å². The fourth-order valence-corrected chi connectivity index (χ4v) is 5.65. The highest BCUT2D eigenvalue weighted by molar-refractivity contribution is 9.10. The lowest BCUT2D eigenvalue weighted by molar-refractivity contribution is 0.157. The number of nitrogens with zero attached hydrogens (tertiary/aromatic N) is 1. The molecule has 0 spiro atoms. The normalized spacial score (nSPS) is 28.6. The van der Waals surface area contributed by atoms with Gasteiger partial charge < -0.3 is 0 Å². The van der Waals surface area contributed by atoms with Crippen molar-refractivity contribution in [1.29, 1.82) is 0 Å². The summed E-state index contributed by atoms with van der Waals surface area (Å²) in [4.78, 5) is 0.190. The van der Waals surface area contributed by atoms with Crippen LogP contribution < -0.4 is 0 Å². The van der Waals surface area contributed by atoms with Crippen molar-refractivity contribution >= 4 is 37.6 Å². The van der Waals surface area contributed by atoms with Crippen molar-refractivity contribution in [3.05, 3.63) is 27.7 Å². The summed E-state index contributed by atoms with van der Waals surface area (Å²) >= 11 is 9.42. The summed E-state index contributed by atoms with van der Waals surface area (Å²) in [6, 6.07) is 4.89. The summed E-state index contributed by atoms with van der Waals surface area (Å²) in [6.07, 6.45) is 1.06. The molecule has 3 nitrogen and oxygen atoms in total. The number of sulfonamides is 1. The lowest BCUT2D eigenvalue weighted by Crippen LogP contribution is -2.48. The summed E-state index contributed by atoms with van der Waals surface area (Å²) in [5, 5.41) is 0.262. The third kappa shape index (κ3) is 3.06. The molecule has 1 fully saturated rings. The zero-order chi connectivity index (χ0) is 15.1. The van der Waals surface area contributed by atoms with Crippen LogP contribution in [0.5, 0.6) is 0 Å². The monoisotopic (exact) mass is 379 g/mol. The lowest BCUT2D eigenvalue weighted by Gasteiger charge is -2.40. The molecule has 1 aliphatic rings. The van der Waals surface area contributed by atoms with Crippen LogP contribution in [0.4, 0.5) is 0 Å². The van der Waals surface area contributed by atoms with E-state index in [0.29, 0.717) is 18.4 Å². The van der Waals surface area contributed by atoms with E-state index < -0.39 is 10.0 Å². The summed E-state index contributed by atoms with van der Waals surface area (Å²) < 4.78 is 28.1. The molecule has 112 valence electrons. The van der Waals surface area contributed by atoms with Crippen molar-refractivity contribution in [3.8, 4) is 0 Å². The van der Waals surface area contributed by atoms with Gasteiger partial charge >= 0.3 is 0 Å². The molecule has 0 aromatic heterocycles. The van der Waals surface area contributed by atoms with Crippen molar-refractivity contribution in [1.82, 2.24) is 4.31 Å². The Balaban J connectivity index is 2.43. The van der Waals surface area contributed by atoms with Gasteiger partial charge in [-0.2, -0.15) is 4.31 Å². The zero-order valence-electron chi connectivity index (χ0n) is 11.8. The van der Waals surface area contributed by atoms with Gasteiger partial charge in [-0.15, -0.1) is 0 Å². The van der Waals surface area contributed by atoms with Crippen LogP contribution in [0.3, 0.4) is 0 Å². The fraction of sp³-hybridized carbons (Fsp3) is 0.571. The molecule has 0 radical (unpaired) electrons. The van der Waals surface area contributed by atoms with Crippen molar-refractivity contribution in [2.45, 2.75) is 38.1 Å². The number of benzene rings is 1. The molecule has 20 heavy (non-hydrogen) atoms. The second-order valence-electron chi connectivity index (χ2n) is 5.71. The van der Waals surface area contributed by atoms with E-state index in [1.54, 1.807) is 22.5 Å². The predicted octanol–water partition coefficient (Wildman–Crippen LogP) is 4.16. The van der Waals surface area contributed by atoms with Gasteiger partial charge in [0.25, 0.3) is 0 Å². The quantitative estimate of drug-likeness (QED) is 0.772. The highest BCUT2D eigenvalue weighted by Crippen LogP contribution is 2.34. The Kier molecular flexibility index (Phi) is 4.84. The van der Waals surface area contributed by atoms with Crippen molar-refractivity contribution in [2.75, 3.05) is 6.54 Å². The predicted molar refractivity (Wildman–Crippen MR) is 85.5 cm³/mol. The molecule has 3 unspecified atom stereocenters. The van der Waals surface area contributed by atoms with Gasteiger partial charge in [0, 0.05) is 17.1 Å². The van der Waals surface area contributed by atoms with Gasteiger partial charge in [-0.1, -0.05) is 41.4 Å². The first kappa shape index (κ1) is 16.3. The Morgan fingerprint density at radius 2 is 1.95 bits per heavy atom. The molecule has 1 saturated heterocycles. The van der Waals surface area contributed by atoms with Crippen LogP contribution in [-0.2, 0) is 10.0 Å². The van der Waals surface area contributed by atoms with Crippen molar-refractivity contribution in [2.24, 2.45) is 11.8 Å². The Hall–Kier alpha value is -0.100. The van der Waals surface area contributed by atoms with Crippen LogP contribution in [0.25, 0.3) is 0 Å². The Morgan fingerprint density at radius 3 is 2.55 bits per heavy atom. The first-order valence-electron chi connectivity index (χ1n) is 6.70. The van der Waals surface area contributed by atoms with Crippen LogP contribution >= 0.6 is 27.5 Å². The molecule has 1 aromatic carbocycles. The third-order valence-corrected chi connectivity index (χ3v) is 6.95. The Morgan fingerprint density at radius 1 is 1.30 bits per heavy atom. The highest BCUT2D eigenvalue weighted by atomic mass is 79.9. The van der Waals surface area contributed by atoms with Gasteiger partial charge in [-0.3, -0.25) is 0 Å². The molecule has 0 saturated carbocycles. The number of hydrogen-bond acceptors (Lipinski definition) is 2. The van der Waals surface area contributed by atoms with Gasteiger partial charge in [-0.25, -0.2) is 8.42 Å². The number of piperidine rings is 1. The standard InChI is InChI=1S/C14H19BrClNO2S/c1-9-6-10(2)11(3)17(8-9)20(18,19)14-5-4-12(15)7-13(14)16/h4-5,7,9-11H,6,8H2,1-3H3. The first-order valence-corrected chi connectivity index (χ1v) is 9.31. The fourth-order valence-electron chi connectivity index (χ4n) is 2.79. The maximum atomic E-state index is 12.8. The molecular formula is C14H19BrClNO2S. The van der Waals surface area contributed by atoms with Crippen LogP contribution in [-0.4, -0.2) is 25.3 Å². The maximum Gasteiger partial charge on any atom is 0.244 e. The topological polar surface area (TPSA) is 37.4 Å². The van der Waals surface area contributed by atoms with E-state index in [-0.39, 0.29) is 16.0 Å². The molecule has 0 aliphatic carbocycles. The van der Waals surface area contributed by atoms with Gasteiger partial charge in [0.05, 0.1) is 5.02 Å². The van der Waals surface area contributed by atoms with Crippen molar-refractivity contribution in [3.63, 3.8) is 0 Å². The molecule has 0 amide bonds. The molecule has 6 heteroatoms. The molecule has 1 aromatic rings. The smallest absolute Gasteiger partial charge is 0.207 e. The van der Waals surface area contributed by atoms with E-state index in [4.69, 9.17) is 11.6 Å². The number of rotatable bonds is 2. The summed E-state index contributed by atoms with van der Waals surface area (Å²) in [5.41, 5.74) is 0. The van der Waals surface area contributed by atoms with E-state index >= 15 is 0 Å². The largest absolute Gasteiger partial charge is 0.244 e. The molecule has 3 atom stereocenters. The second kappa shape index (κ2) is 5.95. The van der Waals surface area contributed by atoms with E-state index in [9.17, 15) is 8.42 Å². The average Bonchev–Trinajstić information content (AvgIpc) is 2.33. The molecule has 1 heterocycles. The molecule has 0 bridgehead atoms. The lowest BCUT2D eigenvalue weighted by atomic mass is 9.88.